The summed E-state index contributed by atoms with van der Waals surface area (Å²) in [7, 11) is 0. The number of hydrogen-bond donors (Lipinski definition) is 1. The van der Waals surface area contributed by atoms with E-state index in [1.54, 1.807) is 18.3 Å². The fourth-order valence-electron chi connectivity index (χ4n) is 2.02. The molecule has 0 saturated carbocycles. The second-order valence-electron chi connectivity index (χ2n) is 5.26. The molecule has 4 nitrogen and oxygen atoms in total. The van der Waals surface area contributed by atoms with Crippen LogP contribution in [0.4, 0.5) is 9.52 Å². The first-order valence-electron chi connectivity index (χ1n) is 7.48. The molecule has 0 atom stereocenters. The Kier molecular flexibility index (Phi) is 5.78. The zero-order chi connectivity index (χ0) is 17.6. The highest BCUT2D eigenvalue weighted by atomic mass is 79.9. The van der Waals surface area contributed by atoms with Crippen molar-refractivity contribution in [1.29, 1.82) is 0 Å². The highest BCUT2D eigenvalue weighted by Crippen LogP contribution is 2.18. The number of hydrazone groups is 1. The van der Waals surface area contributed by atoms with E-state index in [0.717, 1.165) is 16.4 Å². The van der Waals surface area contributed by atoms with Gasteiger partial charge in [0.15, 0.2) is 0 Å². The molecule has 0 saturated heterocycles. The molecular weight excluding hydrogens is 405 g/mol. The van der Waals surface area contributed by atoms with Crippen LogP contribution in [-0.2, 0) is 6.61 Å². The lowest BCUT2D eigenvalue weighted by Crippen LogP contribution is -1.98. The maximum Gasteiger partial charge on any atom is 0.203 e. The van der Waals surface area contributed by atoms with Crippen LogP contribution in [0.2, 0.25) is 0 Å². The minimum Gasteiger partial charge on any atom is -0.489 e. The molecule has 0 aliphatic heterocycles. The van der Waals surface area contributed by atoms with E-state index in [2.05, 4.69) is 31.4 Å². The van der Waals surface area contributed by atoms with Gasteiger partial charge >= 0.3 is 0 Å². The fourth-order valence-corrected chi connectivity index (χ4v) is 2.99. The molecule has 0 amide bonds. The van der Waals surface area contributed by atoms with Crippen molar-refractivity contribution in [3.05, 3.63) is 75.0 Å². The summed E-state index contributed by atoms with van der Waals surface area (Å²) in [5.41, 5.74) is 5.28. The Morgan fingerprint density at radius 3 is 2.76 bits per heavy atom. The number of halogens is 2. The minimum absolute atomic E-state index is 0.178. The Morgan fingerprint density at radius 1 is 1.28 bits per heavy atom. The van der Waals surface area contributed by atoms with Crippen LogP contribution in [0, 0.1) is 12.7 Å². The van der Waals surface area contributed by atoms with Gasteiger partial charge in [-0.1, -0.05) is 22.0 Å². The summed E-state index contributed by atoms with van der Waals surface area (Å²) >= 11 is 4.74. The summed E-state index contributed by atoms with van der Waals surface area (Å²) in [6, 6.07) is 12.3. The van der Waals surface area contributed by atoms with Gasteiger partial charge < -0.3 is 4.74 Å². The average Bonchev–Trinajstić information content (AvgIpc) is 3.01. The van der Waals surface area contributed by atoms with Gasteiger partial charge in [-0.3, -0.25) is 5.43 Å². The van der Waals surface area contributed by atoms with Crippen molar-refractivity contribution in [3.8, 4) is 5.75 Å². The number of ether oxygens (including phenoxy) is 1. The van der Waals surface area contributed by atoms with E-state index in [4.69, 9.17) is 4.74 Å². The van der Waals surface area contributed by atoms with E-state index in [1.807, 2.05) is 36.6 Å². The van der Waals surface area contributed by atoms with Crippen molar-refractivity contribution in [3.63, 3.8) is 0 Å². The molecule has 0 aliphatic rings. The molecule has 128 valence electrons. The number of hydrogen-bond acceptors (Lipinski definition) is 5. The molecule has 1 heterocycles. The van der Waals surface area contributed by atoms with E-state index in [9.17, 15) is 4.39 Å². The summed E-state index contributed by atoms with van der Waals surface area (Å²) in [6.07, 6.45) is 1.70. The first kappa shape index (κ1) is 17.6. The lowest BCUT2D eigenvalue weighted by Gasteiger charge is -2.07. The maximum atomic E-state index is 13.8. The fraction of sp³-hybridized carbons (Fsp3) is 0.111. The van der Waals surface area contributed by atoms with E-state index in [1.165, 1.54) is 17.4 Å². The van der Waals surface area contributed by atoms with Crippen molar-refractivity contribution in [1.82, 2.24) is 4.98 Å². The predicted octanol–water partition coefficient (Wildman–Crippen LogP) is 5.38. The Hall–Kier alpha value is -2.25. The number of rotatable bonds is 6. The summed E-state index contributed by atoms with van der Waals surface area (Å²) < 4.78 is 20.1. The standard InChI is InChI=1S/C18H15BrFN3OS/c1-12-11-25-18(22-12)23-21-9-13-2-6-16(7-3-13)24-10-14-4-5-15(19)8-17(14)20/h2-9,11H,10H2,1H3,(H,22,23). The third kappa shape index (κ3) is 5.11. The SMILES string of the molecule is Cc1csc(NN=Cc2ccc(OCc3ccc(Br)cc3F)cc2)n1. The molecule has 0 fully saturated rings. The first-order valence-corrected chi connectivity index (χ1v) is 9.15. The van der Waals surface area contributed by atoms with Crippen LogP contribution in [0.3, 0.4) is 0 Å². The van der Waals surface area contributed by atoms with Crippen LogP contribution >= 0.6 is 27.3 Å². The Bertz CT molecular complexity index is 880. The summed E-state index contributed by atoms with van der Waals surface area (Å²) in [5, 5.41) is 6.86. The van der Waals surface area contributed by atoms with Gasteiger partial charge in [0.25, 0.3) is 0 Å². The number of nitrogens with one attached hydrogen (secondary N) is 1. The molecule has 0 spiro atoms. The van der Waals surface area contributed by atoms with Gasteiger partial charge in [-0.2, -0.15) is 5.10 Å². The third-order valence-electron chi connectivity index (χ3n) is 3.28. The van der Waals surface area contributed by atoms with Crippen LogP contribution < -0.4 is 10.2 Å². The number of thiazole rings is 1. The van der Waals surface area contributed by atoms with Gasteiger partial charge in [-0.25, -0.2) is 9.37 Å². The van der Waals surface area contributed by atoms with Gasteiger partial charge in [-0.15, -0.1) is 11.3 Å². The van der Waals surface area contributed by atoms with Crippen molar-refractivity contribution in [2.24, 2.45) is 5.10 Å². The Balaban J connectivity index is 1.54. The first-order chi connectivity index (χ1) is 12.1. The quantitative estimate of drug-likeness (QED) is 0.430. The largest absolute Gasteiger partial charge is 0.489 e. The number of aromatic nitrogens is 1. The van der Waals surface area contributed by atoms with Crippen LogP contribution in [0.25, 0.3) is 0 Å². The monoisotopic (exact) mass is 419 g/mol. The van der Waals surface area contributed by atoms with Gasteiger partial charge in [0.1, 0.15) is 18.2 Å². The number of aryl methyl sites for hydroxylation is 1. The van der Waals surface area contributed by atoms with Crippen molar-refractivity contribution in [2.45, 2.75) is 13.5 Å². The molecule has 3 aromatic rings. The van der Waals surface area contributed by atoms with Crippen LogP contribution in [0.1, 0.15) is 16.8 Å². The zero-order valence-corrected chi connectivity index (χ0v) is 15.8. The van der Waals surface area contributed by atoms with Crippen LogP contribution in [0.15, 0.2) is 57.4 Å². The second kappa shape index (κ2) is 8.22. The number of nitrogens with zero attached hydrogens (tertiary/aromatic N) is 2. The smallest absolute Gasteiger partial charge is 0.203 e. The lowest BCUT2D eigenvalue weighted by atomic mass is 10.2. The molecule has 1 N–H and O–H groups in total. The highest BCUT2D eigenvalue weighted by molar-refractivity contribution is 9.10. The van der Waals surface area contributed by atoms with Crippen molar-refractivity contribution >= 4 is 38.6 Å². The molecule has 0 bridgehead atoms. The van der Waals surface area contributed by atoms with E-state index >= 15 is 0 Å². The molecule has 0 unspecified atom stereocenters. The van der Waals surface area contributed by atoms with E-state index in [0.29, 0.717) is 15.8 Å². The summed E-state index contributed by atoms with van der Waals surface area (Å²) in [5.74, 6) is 0.379. The van der Waals surface area contributed by atoms with Crippen molar-refractivity contribution in [2.75, 3.05) is 5.43 Å². The Labute approximate surface area is 157 Å². The predicted molar refractivity (Wildman–Crippen MR) is 103 cm³/mol. The highest BCUT2D eigenvalue weighted by Gasteiger charge is 2.04. The molecule has 2 aromatic carbocycles. The normalized spacial score (nSPS) is 11.0. The van der Waals surface area contributed by atoms with E-state index < -0.39 is 0 Å². The zero-order valence-electron chi connectivity index (χ0n) is 13.4. The molecule has 25 heavy (non-hydrogen) atoms. The van der Waals surface area contributed by atoms with Crippen LogP contribution in [-0.4, -0.2) is 11.2 Å². The van der Waals surface area contributed by atoms with E-state index in [-0.39, 0.29) is 12.4 Å². The van der Waals surface area contributed by atoms with Gasteiger partial charge in [0, 0.05) is 15.4 Å². The molecule has 0 aliphatic carbocycles. The van der Waals surface area contributed by atoms with Crippen LogP contribution in [0.5, 0.6) is 5.75 Å². The van der Waals surface area contributed by atoms with Crippen molar-refractivity contribution < 1.29 is 9.13 Å². The van der Waals surface area contributed by atoms with Gasteiger partial charge in [0.2, 0.25) is 5.13 Å². The second-order valence-corrected chi connectivity index (χ2v) is 7.03. The lowest BCUT2D eigenvalue weighted by molar-refractivity contribution is 0.300. The van der Waals surface area contributed by atoms with Gasteiger partial charge in [-0.05, 0) is 48.9 Å². The molecule has 0 radical (unpaired) electrons. The molecular formula is C18H15BrFN3OS. The maximum absolute atomic E-state index is 13.8. The Morgan fingerprint density at radius 2 is 2.08 bits per heavy atom. The average molecular weight is 420 g/mol. The number of benzene rings is 2. The molecule has 1 aromatic heterocycles. The van der Waals surface area contributed by atoms with Gasteiger partial charge in [0.05, 0.1) is 11.9 Å². The minimum atomic E-state index is -0.290. The summed E-state index contributed by atoms with van der Waals surface area (Å²) in [6.45, 7) is 2.11. The number of anilines is 1. The third-order valence-corrected chi connectivity index (χ3v) is 4.64. The topological polar surface area (TPSA) is 46.5 Å². The summed E-state index contributed by atoms with van der Waals surface area (Å²) in [4.78, 5) is 4.26. The molecule has 3 rings (SSSR count). The molecule has 7 heteroatoms.